The van der Waals surface area contributed by atoms with Gasteiger partial charge in [-0.15, -0.1) is 0 Å². The van der Waals surface area contributed by atoms with Crippen molar-refractivity contribution in [2.75, 3.05) is 20.8 Å². The lowest BCUT2D eigenvalue weighted by atomic mass is 9.97. The SMILES string of the molecule is COc1ccc(CO[C@H]2O[C@@H](CO)[C@@H](O)[C@@H](O)[C@@H]2NC(C)=O)cc1OC. The predicted octanol–water partition coefficient (Wildman–Crippen LogP) is -0.836. The maximum Gasteiger partial charge on any atom is 0.217 e. The molecule has 4 N–H and O–H groups in total. The summed E-state index contributed by atoms with van der Waals surface area (Å²) in [5, 5.41) is 32.0. The molecule has 0 radical (unpaired) electrons. The summed E-state index contributed by atoms with van der Waals surface area (Å²) in [6.45, 7) is 0.867. The molecule has 1 aliphatic rings. The molecular weight excluding hydrogens is 346 g/mol. The molecule has 0 bridgehead atoms. The molecule has 0 unspecified atom stereocenters. The Kier molecular flexibility index (Phi) is 7.18. The van der Waals surface area contributed by atoms with Crippen LogP contribution in [0.15, 0.2) is 18.2 Å². The molecule has 1 aromatic carbocycles. The van der Waals surface area contributed by atoms with Gasteiger partial charge < -0.3 is 39.6 Å². The summed E-state index contributed by atoms with van der Waals surface area (Å²) in [7, 11) is 3.05. The number of hydrogen-bond donors (Lipinski definition) is 4. The van der Waals surface area contributed by atoms with E-state index in [0.717, 1.165) is 5.56 Å². The molecule has 1 aliphatic heterocycles. The van der Waals surface area contributed by atoms with Crippen LogP contribution in [0, 0.1) is 0 Å². The van der Waals surface area contributed by atoms with Crippen LogP contribution in [0.25, 0.3) is 0 Å². The molecule has 1 saturated heterocycles. The van der Waals surface area contributed by atoms with Gasteiger partial charge in [0.05, 0.1) is 27.4 Å². The van der Waals surface area contributed by atoms with Crippen molar-refractivity contribution in [2.24, 2.45) is 0 Å². The third-order valence-electron chi connectivity index (χ3n) is 4.11. The fraction of sp³-hybridized carbons (Fsp3) is 0.588. The van der Waals surface area contributed by atoms with Crippen LogP contribution >= 0.6 is 0 Å². The zero-order valence-corrected chi connectivity index (χ0v) is 14.9. The van der Waals surface area contributed by atoms with Crippen LogP contribution in [-0.2, 0) is 20.9 Å². The Labute approximate surface area is 151 Å². The summed E-state index contributed by atoms with van der Waals surface area (Å²) in [6.07, 6.45) is -4.77. The standard InChI is InChI=1S/C17H25NO8/c1-9(20)18-14-16(22)15(21)13(7-19)26-17(14)25-8-10-4-5-11(23-2)12(6-10)24-3/h4-6,13-17,19,21-22H,7-8H2,1-3H3,(H,18,20)/t13-,14-,15+,16-,17-/m0/s1. The molecule has 2 rings (SSSR count). The van der Waals surface area contributed by atoms with Crippen LogP contribution in [0.1, 0.15) is 12.5 Å². The lowest BCUT2D eigenvalue weighted by molar-refractivity contribution is -0.273. The maximum absolute atomic E-state index is 11.4. The van der Waals surface area contributed by atoms with Gasteiger partial charge in [0, 0.05) is 6.92 Å². The van der Waals surface area contributed by atoms with Crippen LogP contribution in [0.2, 0.25) is 0 Å². The first kappa shape index (κ1) is 20.4. The van der Waals surface area contributed by atoms with Gasteiger partial charge in [-0.1, -0.05) is 6.07 Å². The Morgan fingerprint density at radius 3 is 2.46 bits per heavy atom. The summed E-state index contributed by atoms with van der Waals surface area (Å²) in [6, 6.07) is 4.24. The smallest absolute Gasteiger partial charge is 0.217 e. The predicted molar refractivity (Wildman–Crippen MR) is 89.7 cm³/mol. The number of nitrogens with one attached hydrogen (secondary N) is 1. The first-order valence-corrected chi connectivity index (χ1v) is 8.13. The molecule has 26 heavy (non-hydrogen) atoms. The average molecular weight is 371 g/mol. The second-order valence-corrected chi connectivity index (χ2v) is 5.93. The van der Waals surface area contributed by atoms with E-state index in [9.17, 15) is 20.1 Å². The minimum atomic E-state index is -1.35. The van der Waals surface area contributed by atoms with Gasteiger partial charge >= 0.3 is 0 Å². The van der Waals surface area contributed by atoms with E-state index in [4.69, 9.17) is 18.9 Å². The van der Waals surface area contributed by atoms with E-state index in [2.05, 4.69) is 5.32 Å². The van der Waals surface area contributed by atoms with Gasteiger partial charge in [-0.05, 0) is 17.7 Å². The number of carbonyl (C=O) groups excluding carboxylic acids is 1. The highest BCUT2D eigenvalue weighted by molar-refractivity contribution is 5.73. The highest BCUT2D eigenvalue weighted by Crippen LogP contribution is 2.29. The van der Waals surface area contributed by atoms with Crippen LogP contribution in [0.4, 0.5) is 0 Å². The molecule has 9 heteroatoms. The molecule has 0 aliphatic carbocycles. The highest BCUT2D eigenvalue weighted by Gasteiger charge is 2.45. The van der Waals surface area contributed by atoms with E-state index in [1.807, 2.05) is 0 Å². The van der Waals surface area contributed by atoms with E-state index >= 15 is 0 Å². The summed E-state index contributed by atoms with van der Waals surface area (Å²) in [5.74, 6) is 0.687. The number of methoxy groups -OCH3 is 2. The van der Waals surface area contributed by atoms with Crippen molar-refractivity contribution < 1.29 is 39.1 Å². The molecule has 0 spiro atoms. The van der Waals surface area contributed by atoms with Crippen molar-refractivity contribution in [3.63, 3.8) is 0 Å². The van der Waals surface area contributed by atoms with Gasteiger partial charge in [0.15, 0.2) is 17.8 Å². The van der Waals surface area contributed by atoms with Gasteiger partial charge in [0.2, 0.25) is 5.91 Å². The number of carbonyl (C=O) groups is 1. The number of ether oxygens (including phenoxy) is 4. The average Bonchev–Trinajstić information content (AvgIpc) is 2.64. The normalized spacial score (nSPS) is 28.5. The van der Waals surface area contributed by atoms with Gasteiger partial charge in [-0.25, -0.2) is 0 Å². The zero-order valence-electron chi connectivity index (χ0n) is 14.9. The molecule has 146 valence electrons. The largest absolute Gasteiger partial charge is 0.493 e. The third kappa shape index (κ3) is 4.63. The van der Waals surface area contributed by atoms with Gasteiger partial charge in [0.1, 0.15) is 24.4 Å². The minimum absolute atomic E-state index is 0.0854. The Balaban J connectivity index is 2.12. The first-order chi connectivity index (χ1) is 12.4. The minimum Gasteiger partial charge on any atom is -0.493 e. The first-order valence-electron chi connectivity index (χ1n) is 8.13. The Morgan fingerprint density at radius 1 is 1.19 bits per heavy atom. The molecule has 1 aromatic rings. The molecule has 0 saturated carbocycles. The fourth-order valence-electron chi connectivity index (χ4n) is 2.76. The van der Waals surface area contributed by atoms with E-state index in [0.29, 0.717) is 11.5 Å². The van der Waals surface area contributed by atoms with Crippen LogP contribution in [0.5, 0.6) is 11.5 Å². The maximum atomic E-state index is 11.4. The second kappa shape index (κ2) is 9.15. The lowest BCUT2D eigenvalue weighted by Crippen LogP contribution is -2.64. The Morgan fingerprint density at radius 2 is 1.88 bits per heavy atom. The van der Waals surface area contributed by atoms with Crippen molar-refractivity contribution in [3.05, 3.63) is 23.8 Å². The Hall–Kier alpha value is -1.91. The van der Waals surface area contributed by atoms with E-state index in [-0.39, 0.29) is 6.61 Å². The molecule has 9 nitrogen and oxygen atoms in total. The summed E-state index contributed by atoms with van der Waals surface area (Å²) >= 11 is 0. The quantitative estimate of drug-likeness (QED) is 0.489. The lowest BCUT2D eigenvalue weighted by Gasteiger charge is -2.42. The third-order valence-corrected chi connectivity index (χ3v) is 4.11. The molecule has 1 heterocycles. The number of hydrogen-bond acceptors (Lipinski definition) is 8. The van der Waals surface area contributed by atoms with E-state index in [1.54, 1.807) is 18.2 Å². The van der Waals surface area contributed by atoms with Crippen molar-refractivity contribution in [3.8, 4) is 11.5 Å². The molecule has 1 fully saturated rings. The summed E-state index contributed by atoms with van der Waals surface area (Å²) < 4.78 is 21.6. The topological polar surface area (TPSA) is 127 Å². The van der Waals surface area contributed by atoms with Gasteiger partial charge in [-0.2, -0.15) is 0 Å². The number of benzene rings is 1. The van der Waals surface area contributed by atoms with Crippen LogP contribution < -0.4 is 14.8 Å². The Bertz CT molecular complexity index is 610. The number of aliphatic hydroxyl groups excluding tert-OH is 3. The van der Waals surface area contributed by atoms with Crippen molar-refractivity contribution in [1.29, 1.82) is 0 Å². The monoisotopic (exact) mass is 371 g/mol. The summed E-state index contributed by atoms with van der Waals surface area (Å²) in [4.78, 5) is 11.4. The second-order valence-electron chi connectivity index (χ2n) is 5.93. The van der Waals surface area contributed by atoms with Crippen LogP contribution in [0.3, 0.4) is 0 Å². The molecular formula is C17H25NO8. The molecule has 0 aromatic heterocycles. The number of aliphatic hydroxyl groups is 3. The molecule has 1 amide bonds. The van der Waals surface area contributed by atoms with Crippen molar-refractivity contribution >= 4 is 5.91 Å². The zero-order chi connectivity index (χ0) is 19.3. The molecule has 5 atom stereocenters. The fourth-order valence-corrected chi connectivity index (χ4v) is 2.76. The highest BCUT2D eigenvalue weighted by atomic mass is 16.7. The number of rotatable bonds is 7. The van der Waals surface area contributed by atoms with Gasteiger partial charge in [0.25, 0.3) is 0 Å². The van der Waals surface area contributed by atoms with Crippen molar-refractivity contribution in [1.82, 2.24) is 5.32 Å². The van der Waals surface area contributed by atoms with Crippen molar-refractivity contribution in [2.45, 2.75) is 44.2 Å². The van der Waals surface area contributed by atoms with E-state index < -0.39 is 43.2 Å². The summed E-state index contributed by atoms with van der Waals surface area (Å²) in [5.41, 5.74) is 0.744. The van der Waals surface area contributed by atoms with Gasteiger partial charge in [-0.3, -0.25) is 4.79 Å². The van der Waals surface area contributed by atoms with Crippen LogP contribution in [-0.4, -0.2) is 72.7 Å². The van der Waals surface area contributed by atoms with E-state index in [1.165, 1.54) is 21.1 Å². The number of amides is 1.